The molecule has 7 nitrogen and oxygen atoms in total. The van der Waals surface area contributed by atoms with Crippen LogP contribution in [0.3, 0.4) is 0 Å². The lowest BCUT2D eigenvalue weighted by molar-refractivity contribution is 0.0156. The fourth-order valence-electron chi connectivity index (χ4n) is 1.66. The standard InChI is InChI=1S/C14H21NO6/c16-8-12(18)6-15(7-13(19)9-17)14(20)21-10-11-4-2-1-3-5-11/h1-5,12-13,16-19H,6-10H2. The molecule has 0 spiro atoms. The zero-order valence-electron chi connectivity index (χ0n) is 11.6. The molecule has 1 aromatic rings. The molecule has 1 aromatic carbocycles. The van der Waals surface area contributed by atoms with Gasteiger partial charge in [-0.2, -0.15) is 0 Å². The average molecular weight is 299 g/mol. The fourth-order valence-corrected chi connectivity index (χ4v) is 1.66. The molecule has 7 heteroatoms. The van der Waals surface area contributed by atoms with Gasteiger partial charge in [0.05, 0.1) is 38.5 Å². The number of amides is 1. The Balaban J connectivity index is 2.57. The van der Waals surface area contributed by atoms with E-state index in [4.69, 9.17) is 14.9 Å². The summed E-state index contributed by atoms with van der Waals surface area (Å²) in [5, 5.41) is 36.5. The van der Waals surface area contributed by atoms with Crippen LogP contribution in [-0.4, -0.2) is 69.9 Å². The van der Waals surface area contributed by atoms with Crippen molar-refractivity contribution in [2.24, 2.45) is 0 Å². The fraction of sp³-hybridized carbons (Fsp3) is 0.500. The van der Waals surface area contributed by atoms with Gasteiger partial charge >= 0.3 is 6.09 Å². The molecular weight excluding hydrogens is 278 g/mol. The van der Waals surface area contributed by atoms with Crippen LogP contribution in [0.1, 0.15) is 5.56 Å². The summed E-state index contributed by atoms with van der Waals surface area (Å²) in [5.74, 6) is 0. The highest BCUT2D eigenvalue weighted by atomic mass is 16.6. The third-order valence-electron chi connectivity index (χ3n) is 2.75. The second-order valence-corrected chi connectivity index (χ2v) is 4.62. The predicted molar refractivity (Wildman–Crippen MR) is 74.4 cm³/mol. The van der Waals surface area contributed by atoms with Crippen molar-refractivity contribution < 1.29 is 30.0 Å². The van der Waals surface area contributed by atoms with Crippen molar-refractivity contribution in [3.05, 3.63) is 35.9 Å². The van der Waals surface area contributed by atoms with E-state index in [1.807, 2.05) is 18.2 Å². The van der Waals surface area contributed by atoms with Gasteiger partial charge in [0.1, 0.15) is 6.61 Å². The molecular formula is C14H21NO6. The minimum absolute atomic E-state index is 0.0562. The summed E-state index contributed by atoms with van der Waals surface area (Å²) in [7, 11) is 0. The van der Waals surface area contributed by atoms with Crippen LogP contribution in [0.25, 0.3) is 0 Å². The summed E-state index contributed by atoms with van der Waals surface area (Å²) >= 11 is 0. The van der Waals surface area contributed by atoms with E-state index in [0.29, 0.717) is 0 Å². The zero-order chi connectivity index (χ0) is 15.7. The van der Waals surface area contributed by atoms with Crippen molar-refractivity contribution in [2.75, 3.05) is 26.3 Å². The van der Waals surface area contributed by atoms with E-state index >= 15 is 0 Å². The number of aliphatic hydroxyl groups is 4. The summed E-state index contributed by atoms with van der Waals surface area (Å²) in [6, 6.07) is 9.05. The van der Waals surface area contributed by atoms with Crippen LogP contribution in [0, 0.1) is 0 Å². The third-order valence-corrected chi connectivity index (χ3v) is 2.75. The molecule has 0 aromatic heterocycles. The molecule has 1 amide bonds. The van der Waals surface area contributed by atoms with Gasteiger partial charge in [-0.05, 0) is 5.56 Å². The normalized spacial score (nSPS) is 13.5. The van der Waals surface area contributed by atoms with Crippen LogP contribution in [-0.2, 0) is 11.3 Å². The van der Waals surface area contributed by atoms with Gasteiger partial charge in [-0.25, -0.2) is 4.79 Å². The Morgan fingerprint density at radius 3 is 2.05 bits per heavy atom. The van der Waals surface area contributed by atoms with Crippen molar-refractivity contribution in [1.29, 1.82) is 0 Å². The van der Waals surface area contributed by atoms with E-state index in [2.05, 4.69) is 0 Å². The lowest BCUT2D eigenvalue weighted by atomic mass is 10.2. The maximum Gasteiger partial charge on any atom is 0.410 e. The maximum atomic E-state index is 11.9. The molecule has 0 radical (unpaired) electrons. The Morgan fingerprint density at radius 2 is 1.57 bits per heavy atom. The SMILES string of the molecule is O=C(OCc1ccccc1)N(CC(O)CO)CC(O)CO. The number of carbonyl (C=O) groups is 1. The van der Waals surface area contributed by atoms with Crippen LogP contribution in [0.15, 0.2) is 30.3 Å². The Labute approximate surface area is 123 Å². The van der Waals surface area contributed by atoms with Crippen molar-refractivity contribution >= 4 is 6.09 Å². The van der Waals surface area contributed by atoms with Crippen LogP contribution >= 0.6 is 0 Å². The average Bonchev–Trinajstić information content (AvgIpc) is 2.52. The second-order valence-electron chi connectivity index (χ2n) is 4.62. The minimum atomic E-state index is -1.14. The first-order valence-corrected chi connectivity index (χ1v) is 6.60. The monoisotopic (exact) mass is 299 g/mol. The molecule has 2 atom stereocenters. The number of rotatable bonds is 8. The van der Waals surface area contributed by atoms with Gasteiger partial charge in [-0.1, -0.05) is 30.3 Å². The van der Waals surface area contributed by atoms with E-state index in [-0.39, 0.29) is 19.7 Å². The molecule has 0 saturated heterocycles. The Hall–Kier alpha value is -1.67. The van der Waals surface area contributed by atoms with Crippen molar-refractivity contribution in [3.63, 3.8) is 0 Å². The molecule has 0 fully saturated rings. The number of carbonyl (C=O) groups excluding carboxylic acids is 1. The minimum Gasteiger partial charge on any atom is -0.445 e. The van der Waals surface area contributed by atoms with Gasteiger partial charge in [-0.3, -0.25) is 0 Å². The summed E-state index contributed by atoms with van der Waals surface area (Å²) in [6.07, 6.45) is -3.01. The smallest absolute Gasteiger partial charge is 0.410 e. The van der Waals surface area contributed by atoms with Crippen LogP contribution < -0.4 is 0 Å². The molecule has 2 unspecified atom stereocenters. The second kappa shape index (κ2) is 9.30. The van der Waals surface area contributed by atoms with Gasteiger partial charge in [0, 0.05) is 0 Å². The number of hydrogen-bond donors (Lipinski definition) is 4. The van der Waals surface area contributed by atoms with Crippen molar-refractivity contribution in [1.82, 2.24) is 4.90 Å². The van der Waals surface area contributed by atoms with Crippen LogP contribution in [0.4, 0.5) is 4.79 Å². The quantitative estimate of drug-likeness (QED) is 0.507. The van der Waals surface area contributed by atoms with E-state index in [1.54, 1.807) is 12.1 Å². The molecule has 4 N–H and O–H groups in total. The molecule has 0 heterocycles. The highest BCUT2D eigenvalue weighted by Crippen LogP contribution is 2.05. The Kier molecular flexibility index (Phi) is 7.70. The number of aliphatic hydroxyl groups excluding tert-OH is 4. The zero-order valence-corrected chi connectivity index (χ0v) is 11.6. The maximum absolute atomic E-state index is 11.9. The molecule has 21 heavy (non-hydrogen) atoms. The summed E-state index contributed by atoms with van der Waals surface area (Å²) in [4.78, 5) is 13.0. The first kappa shape index (κ1) is 17.4. The van der Waals surface area contributed by atoms with Crippen LogP contribution in [0.5, 0.6) is 0 Å². The molecule has 0 aliphatic heterocycles. The summed E-state index contributed by atoms with van der Waals surface area (Å²) in [5.41, 5.74) is 0.802. The van der Waals surface area contributed by atoms with Gasteiger partial charge in [0.15, 0.2) is 0 Å². The highest BCUT2D eigenvalue weighted by molar-refractivity contribution is 5.67. The van der Waals surface area contributed by atoms with Gasteiger partial charge in [0.2, 0.25) is 0 Å². The van der Waals surface area contributed by atoms with Crippen molar-refractivity contribution in [2.45, 2.75) is 18.8 Å². The van der Waals surface area contributed by atoms with Gasteiger partial charge in [-0.15, -0.1) is 0 Å². The summed E-state index contributed by atoms with van der Waals surface area (Å²) < 4.78 is 5.08. The molecule has 0 aliphatic carbocycles. The third kappa shape index (κ3) is 6.54. The topological polar surface area (TPSA) is 110 Å². The number of nitrogens with zero attached hydrogens (tertiary/aromatic N) is 1. The first-order chi connectivity index (χ1) is 10.1. The largest absolute Gasteiger partial charge is 0.445 e. The number of hydrogen-bond acceptors (Lipinski definition) is 6. The Morgan fingerprint density at radius 1 is 1.05 bits per heavy atom. The van der Waals surface area contributed by atoms with Crippen LogP contribution in [0.2, 0.25) is 0 Å². The molecule has 0 aliphatic rings. The molecule has 0 saturated carbocycles. The first-order valence-electron chi connectivity index (χ1n) is 6.60. The van der Waals surface area contributed by atoms with Gasteiger partial charge < -0.3 is 30.1 Å². The van der Waals surface area contributed by atoms with E-state index in [0.717, 1.165) is 10.5 Å². The lowest BCUT2D eigenvalue weighted by Gasteiger charge is -2.25. The van der Waals surface area contributed by atoms with Crippen molar-refractivity contribution in [3.8, 4) is 0 Å². The Bertz CT molecular complexity index is 401. The van der Waals surface area contributed by atoms with E-state index in [9.17, 15) is 15.0 Å². The molecule has 118 valence electrons. The van der Waals surface area contributed by atoms with Gasteiger partial charge in [0.25, 0.3) is 0 Å². The highest BCUT2D eigenvalue weighted by Gasteiger charge is 2.21. The number of benzene rings is 1. The number of ether oxygens (including phenoxy) is 1. The molecule has 1 rings (SSSR count). The van der Waals surface area contributed by atoms with E-state index < -0.39 is 31.5 Å². The lowest BCUT2D eigenvalue weighted by Crippen LogP contribution is -2.44. The van der Waals surface area contributed by atoms with E-state index in [1.165, 1.54) is 0 Å². The molecule has 0 bridgehead atoms. The summed E-state index contributed by atoms with van der Waals surface area (Å²) in [6.45, 7) is -1.36. The predicted octanol–water partition coefficient (Wildman–Crippen LogP) is -0.668.